The molecule has 0 bridgehead atoms. The monoisotopic (exact) mass is 310 g/mol. The standard InChI is InChI=1S/C16H30N4S/c1-16(2,3)14-13(11-17-4)21-15(18-14)20(6)12-7-9-19(5)10-8-12/h12,17H,7-11H2,1-6H3. The lowest BCUT2D eigenvalue weighted by Gasteiger charge is -2.35. The van der Waals surface area contributed by atoms with Crippen LogP contribution in [0.3, 0.4) is 0 Å². The van der Waals surface area contributed by atoms with Crippen molar-refractivity contribution in [1.82, 2.24) is 15.2 Å². The molecule has 0 saturated carbocycles. The van der Waals surface area contributed by atoms with Crippen LogP contribution in [-0.2, 0) is 12.0 Å². The van der Waals surface area contributed by atoms with Crippen LogP contribution in [0.15, 0.2) is 0 Å². The van der Waals surface area contributed by atoms with E-state index in [9.17, 15) is 0 Å². The molecule has 5 heteroatoms. The van der Waals surface area contributed by atoms with E-state index in [0.717, 1.165) is 6.54 Å². The number of hydrogen-bond donors (Lipinski definition) is 1. The van der Waals surface area contributed by atoms with Crippen LogP contribution in [0.25, 0.3) is 0 Å². The molecule has 21 heavy (non-hydrogen) atoms. The molecular weight excluding hydrogens is 280 g/mol. The lowest BCUT2D eigenvalue weighted by molar-refractivity contribution is 0.253. The second-order valence-electron chi connectivity index (χ2n) is 7.19. The highest BCUT2D eigenvalue weighted by Gasteiger charge is 2.27. The van der Waals surface area contributed by atoms with Crippen molar-refractivity contribution in [3.8, 4) is 0 Å². The van der Waals surface area contributed by atoms with E-state index in [-0.39, 0.29) is 5.41 Å². The van der Waals surface area contributed by atoms with Gasteiger partial charge in [0.05, 0.1) is 5.69 Å². The van der Waals surface area contributed by atoms with E-state index in [1.165, 1.54) is 41.6 Å². The Morgan fingerprint density at radius 3 is 2.48 bits per heavy atom. The number of hydrogen-bond acceptors (Lipinski definition) is 5. The van der Waals surface area contributed by atoms with Crippen molar-refractivity contribution in [1.29, 1.82) is 0 Å². The zero-order valence-corrected chi connectivity index (χ0v) is 15.2. The average molecular weight is 311 g/mol. The number of anilines is 1. The molecule has 0 amide bonds. The Hall–Kier alpha value is -0.650. The van der Waals surface area contributed by atoms with E-state index in [2.05, 4.69) is 50.0 Å². The van der Waals surface area contributed by atoms with Gasteiger partial charge in [0.15, 0.2) is 5.13 Å². The van der Waals surface area contributed by atoms with Gasteiger partial charge in [0.25, 0.3) is 0 Å². The van der Waals surface area contributed by atoms with Crippen LogP contribution in [0, 0.1) is 0 Å². The van der Waals surface area contributed by atoms with Crippen LogP contribution in [0.4, 0.5) is 5.13 Å². The van der Waals surface area contributed by atoms with Crippen LogP contribution in [0.1, 0.15) is 44.2 Å². The third kappa shape index (κ3) is 3.96. The largest absolute Gasteiger partial charge is 0.348 e. The maximum atomic E-state index is 4.99. The summed E-state index contributed by atoms with van der Waals surface area (Å²) in [6.45, 7) is 10.0. The summed E-state index contributed by atoms with van der Waals surface area (Å²) >= 11 is 1.85. The first-order chi connectivity index (χ1) is 9.82. The van der Waals surface area contributed by atoms with E-state index in [1.807, 2.05) is 18.4 Å². The van der Waals surface area contributed by atoms with Gasteiger partial charge in [0.2, 0.25) is 0 Å². The number of likely N-dealkylation sites (tertiary alicyclic amines) is 1. The summed E-state index contributed by atoms with van der Waals surface area (Å²) in [6.07, 6.45) is 2.47. The SMILES string of the molecule is CNCc1sc(N(C)C2CCN(C)CC2)nc1C(C)(C)C. The molecule has 0 spiro atoms. The fraction of sp³-hybridized carbons (Fsp3) is 0.812. The Morgan fingerprint density at radius 1 is 1.33 bits per heavy atom. The van der Waals surface area contributed by atoms with Crippen molar-refractivity contribution < 1.29 is 0 Å². The molecule has 1 N–H and O–H groups in total. The van der Waals surface area contributed by atoms with Gasteiger partial charge >= 0.3 is 0 Å². The van der Waals surface area contributed by atoms with Gasteiger partial charge in [0.1, 0.15) is 0 Å². The van der Waals surface area contributed by atoms with Crippen molar-refractivity contribution in [2.24, 2.45) is 0 Å². The normalized spacial score (nSPS) is 18.2. The van der Waals surface area contributed by atoms with Crippen LogP contribution in [-0.4, -0.2) is 50.2 Å². The number of aromatic nitrogens is 1. The highest BCUT2D eigenvalue weighted by atomic mass is 32.1. The molecule has 2 heterocycles. The van der Waals surface area contributed by atoms with Crippen molar-refractivity contribution in [3.63, 3.8) is 0 Å². The summed E-state index contributed by atoms with van der Waals surface area (Å²) in [5, 5.41) is 4.46. The van der Waals surface area contributed by atoms with Gasteiger partial charge in [0, 0.05) is 29.9 Å². The maximum absolute atomic E-state index is 4.99. The van der Waals surface area contributed by atoms with Gasteiger partial charge in [-0.1, -0.05) is 20.8 Å². The zero-order valence-electron chi connectivity index (χ0n) is 14.4. The Kier molecular flexibility index (Phi) is 5.28. The summed E-state index contributed by atoms with van der Waals surface area (Å²) < 4.78 is 0. The molecular formula is C16H30N4S. The van der Waals surface area contributed by atoms with Crippen LogP contribution in [0.2, 0.25) is 0 Å². The van der Waals surface area contributed by atoms with Crippen molar-refractivity contribution >= 4 is 16.5 Å². The lowest BCUT2D eigenvalue weighted by atomic mass is 9.91. The van der Waals surface area contributed by atoms with Gasteiger partial charge in [-0.3, -0.25) is 0 Å². The molecule has 1 aliphatic heterocycles. The van der Waals surface area contributed by atoms with Crippen molar-refractivity contribution in [3.05, 3.63) is 10.6 Å². The van der Waals surface area contributed by atoms with E-state index >= 15 is 0 Å². The topological polar surface area (TPSA) is 31.4 Å². The third-order valence-electron chi connectivity index (χ3n) is 4.27. The van der Waals surface area contributed by atoms with Crippen molar-refractivity contribution in [2.75, 3.05) is 39.1 Å². The first kappa shape index (κ1) is 16.7. The second kappa shape index (κ2) is 6.63. The van der Waals surface area contributed by atoms with E-state index < -0.39 is 0 Å². The van der Waals surface area contributed by atoms with E-state index in [1.54, 1.807) is 0 Å². The summed E-state index contributed by atoms with van der Waals surface area (Å²) in [7, 11) is 6.43. The minimum atomic E-state index is 0.106. The fourth-order valence-corrected chi connectivity index (χ4v) is 4.21. The highest BCUT2D eigenvalue weighted by molar-refractivity contribution is 7.15. The number of thiazole rings is 1. The quantitative estimate of drug-likeness (QED) is 0.926. The van der Waals surface area contributed by atoms with Crippen LogP contribution in [0.5, 0.6) is 0 Å². The molecule has 0 radical (unpaired) electrons. The van der Waals surface area contributed by atoms with Crippen molar-refractivity contribution in [2.45, 2.75) is 51.6 Å². The minimum Gasteiger partial charge on any atom is -0.348 e. The highest BCUT2D eigenvalue weighted by Crippen LogP contribution is 2.35. The van der Waals surface area contributed by atoms with Crippen LogP contribution >= 0.6 is 11.3 Å². The molecule has 1 saturated heterocycles. The van der Waals surface area contributed by atoms with E-state index in [4.69, 9.17) is 4.98 Å². The van der Waals surface area contributed by atoms with Gasteiger partial charge in [-0.15, -0.1) is 11.3 Å². The molecule has 0 aromatic carbocycles. The first-order valence-corrected chi connectivity index (χ1v) is 8.70. The zero-order chi connectivity index (χ0) is 15.6. The van der Waals surface area contributed by atoms with Crippen LogP contribution < -0.4 is 10.2 Å². The number of nitrogens with one attached hydrogen (secondary N) is 1. The molecule has 1 aromatic rings. The average Bonchev–Trinajstić information content (AvgIpc) is 2.83. The molecule has 0 aliphatic carbocycles. The molecule has 120 valence electrons. The molecule has 1 fully saturated rings. The Bertz CT molecular complexity index is 455. The van der Waals surface area contributed by atoms with Gasteiger partial charge in [-0.25, -0.2) is 4.98 Å². The summed E-state index contributed by atoms with van der Waals surface area (Å²) in [4.78, 5) is 11.2. The second-order valence-corrected chi connectivity index (χ2v) is 8.26. The third-order valence-corrected chi connectivity index (χ3v) is 5.42. The number of rotatable bonds is 4. The van der Waals surface area contributed by atoms with Gasteiger partial charge < -0.3 is 15.1 Å². The lowest BCUT2D eigenvalue weighted by Crippen LogP contribution is -2.42. The molecule has 0 atom stereocenters. The Morgan fingerprint density at radius 2 is 1.95 bits per heavy atom. The minimum absolute atomic E-state index is 0.106. The van der Waals surface area contributed by atoms with Gasteiger partial charge in [-0.2, -0.15) is 0 Å². The smallest absolute Gasteiger partial charge is 0.185 e. The molecule has 1 aliphatic rings. The summed E-state index contributed by atoms with van der Waals surface area (Å²) in [5.41, 5.74) is 1.35. The predicted molar refractivity (Wildman–Crippen MR) is 92.5 cm³/mol. The maximum Gasteiger partial charge on any atom is 0.185 e. The molecule has 2 rings (SSSR count). The van der Waals surface area contributed by atoms with Gasteiger partial charge in [-0.05, 0) is 40.0 Å². The number of nitrogens with zero attached hydrogens (tertiary/aromatic N) is 3. The molecule has 1 aromatic heterocycles. The Balaban J connectivity index is 2.19. The molecule has 4 nitrogen and oxygen atoms in total. The summed E-state index contributed by atoms with van der Waals surface area (Å²) in [6, 6.07) is 0.627. The fourth-order valence-electron chi connectivity index (χ4n) is 2.89. The predicted octanol–water partition coefficient (Wildman–Crippen LogP) is 2.69. The molecule has 0 unspecified atom stereocenters. The number of piperidine rings is 1. The Labute approximate surface area is 133 Å². The first-order valence-electron chi connectivity index (χ1n) is 7.89. The summed E-state index contributed by atoms with van der Waals surface area (Å²) in [5.74, 6) is 0. The van der Waals surface area contributed by atoms with E-state index in [0.29, 0.717) is 6.04 Å².